The minimum Gasteiger partial charge on any atom is -0.467 e. The van der Waals surface area contributed by atoms with Crippen molar-refractivity contribution in [1.82, 2.24) is 35.7 Å². The molecule has 148 valence electrons. The minimum absolute atomic E-state index is 0.234. The van der Waals surface area contributed by atoms with Gasteiger partial charge in [-0.25, -0.2) is 4.68 Å². The van der Waals surface area contributed by atoms with Crippen LogP contribution in [0.3, 0.4) is 0 Å². The molecule has 0 fully saturated rings. The molecule has 0 spiro atoms. The number of carbonyl (C=O) groups excluding carboxylic acids is 1. The average Bonchev–Trinajstić information content (AvgIpc) is 3.48. The van der Waals surface area contributed by atoms with Crippen molar-refractivity contribution >= 4 is 29.0 Å². The third-order valence-corrected chi connectivity index (χ3v) is 6.02. The number of benzene rings is 1. The van der Waals surface area contributed by atoms with Crippen LogP contribution in [0.5, 0.6) is 0 Å². The quantitative estimate of drug-likeness (QED) is 0.427. The Morgan fingerprint density at radius 3 is 2.86 bits per heavy atom. The number of rotatable bonds is 8. The molecule has 0 saturated heterocycles. The zero-order valence-electron chi connectivity index (χ0n) is 15.5. The lowest BCUT2D eigenvalue weighted by Crippen LogP contribution is -2.22. The second-order valence-corrected chi connectivity index (χ2v) is 8.16. The van der Waals surface area contributed by atoms with Crippen molar-refractivity contribution < 1.29 is 9.21 Å². The van der Waals surface area contributed by atoms with Crippen LogP contribution in [-0.2, 0) is 18.8 Å². The molecule has 29 heavy (non-hydrogen) atoms. The number of carbonyl (C=O) groups is 1. The van der Waals surface area contributed by atoms with Crippen LogP contribution < -0.4 is 5.32 Å². The molecule has 3 aromatic heterocycles. The molecule has 1 aromatic carbocycles. The van der Waals surface area contributed by atoms with Gasteiger partial charge in [0.1, 0.15) is 17.3 Å². The van der Waals surface area contributed by atoms with Crippen LogP contribution in [-0.4, -0.2) is 36.3 Å². The van der Waals surface area contributed by atoms with Crippen molar-refractivity contribution in [2.24, 2.45) is 0 Å². The molecule has 11 heteroatoms. The van der Waals surface area contributed by atoms with Crippen molar-refractivity contribution in [3.05, 3.63) is 69.6 Å². The van der Waals surface area contributed by atoms with Crippen molar-refractivity contribution in [3.8, 4) is 0 Å². The summed E-state index contributed by atoms with van der Waals surface area (Å²) in [5.74, 6) is 1.05. The number of aromatic nitrogens is 6. The molecular weight excluding hydrogens is 410 g/mol. The Morgan fingerprint density at radius 2 is 2.07 bits per heavy atom. The van der Waals surface area contributed by atoms with E-state index in [1.807, 2.05) is 43.3 Å². The van der Waals surface area contributed by atoms with Crippen LogP contribution in [0, 0.1) is 6.92 Å². The summed E-state index contributed by atoms with van der Waals surface area (Å²) in [7, 11) is 0. The maximum absolute atomic E-state index is 12.3. The first-order valence-electron chi connectivity index (χ1n) is 8.75. The molecule has 0 aliphatic rings. The highest BCUT2D eigenvalue weighted by Crippen LogP contribution is 2.23. The molecule has 0 bridgehead atoms. The van der Waals surface area contributed by atoms with Crippen LogP contribution in [0.2, 0.25) is 0 Å². The van der Waals surface area contributed by atoms with E-state index in [4.69, 9.17) is 4.42 Å². The third-order valence-electron chi connectivity index (χ3n) is 3.94. The molecule has 1 amide bonds. The molecule has 9 nitrogen and oxygen atoms in total. The van der Waals surface area contributed by atoms with Gasteiger partial charge in [-0.1, -0.05) is 52.9 Å². The molecule has 0 saturated carbocycles. The second-order valence-electron chi connectivity index (χ2n) is 6.16. The summed E-state index contributed by atoms with van der Waals surface area (Å²) in [5.41, 5.74) is 2.22. The topological polar surface area (TPSA) is 112 Å². The zero-order chi connectivity index (χ0) is 20.1. The van der Waals surface area contributed by atoms with E-state index in [2.05, 4.69) is 31.0 Å². The Balaban J connectivity index is 1.31. The summed E-state index contributed by atoms with van der Waals surface area (Å²) >= 11 is 2.69. The summed E-state index contributed by atoms with van der Waals surface area (Å²) in [6.45, 7) is 2.92. The normalized spacial score (nSPS) is 10.9. The van der Waals surface area contributed by atoms with Crippen molar-refractivity contribution in [1.29, 1.82) is 0 Å². The van der Waals surface area contributed by atoms with Crippen LogP contribution in [0.15, 0.2) is 52.2 Å². The second kappa shape index (κ2) is 8.97. The smallest absolute Gasteiger partial charge is 0.282 e. The molecule has 3 heterocycles. The van der Waals surface area contributed by atoms with Gasteiger partial charge in [-0.15, -0.1) is 15.3 Å². The monoisotopic (exact) mass is 427 g/mol. The van der Waals surface area contributed by atoms with Gasteiger partial charge in [-0.05, 0) is 35.0 Å². The first-order valence-corrected chi connectivity index (χ1v) is 10.5. The van der Waals surface area contributed by atoms with E-state index < -0.39 is 0 Å². The number of aryl methyl sites for hydroxylation is 1. The number of tetrazole rings is 1. The first kappa shape index (κ1) is 19.3. The van der Waals surface area contributed by atoms with Gasteiger partial charge in [-0.3, -0.25) is 4.79 Å². The fourth-order valence-electron chi connectivity index (χ4n) is 2.44. The maximum atomic E-state index is 12.3. The number of hydrogen-bond donors (Lipinski definition) is 1. The minimum atomic E-state index is -0.234. The largest absolute Gasteiger partial charge is 0.467 e. The standard InChI is InChI=1S/C18H17N7O2S2/c1-12-4-6-13(7-5-12)9-19-16(26)17-21-20-15(29-17)11-28-18-22-23-24-25(18)10-14-3-2-8-27-14/h2-8H,9-11H2,1H3,(H,19,26). The maximum Gasteiger partial charge on any atom is 0.282 e. The molecule has 4 rings (SSSR count). The van der Waals surface area contributed by atoms with E-state index >= 15 is 0 Å². The number of nitrogens with one attached hydrogen (secondary N) is 1. The lowest BCUT2D eigenvalue weighted by atomic mass is 10.1. The van der Waals surface area contributed by atoms with Crippen LogP contribution in [0.4, 0.5) is 0 Å². The van der Waals surface area contributed by atoms with Gasteiger partial charge in [0.2, 0.25) is 10.2 Å². The molecule has 0 aliphatic carbocycles. The predicted octanol–water partition coefficient (Wildman–Crippen LogP) is 2.70. The van der Waals surface area contributed by atoms with E-state index in [1.165, 1.54) is 28.7 Å². The predicted molar refractivity (Wildman–Crippen MR) is 107 cm³/mol. The van der Waals surface area contributed by atoms with Gasteiger partial charge >= 0.3 is 0 Å². The molecule has 0 radical (unpaired) electrons. The Kier molecular flexibility index (Phi) is 5.96. The average molecular weight is 428 g/mol. The molecule has 1 N–H and O–H groups in total. The number of furan rings is 1. The van der Waals surface area contributed by atoms with Gasteiger partial charge in [0.05, 0.1) is 12.0 Å². The van der Waals surface area contributed by atoms with Crippen LogP contribution in [0.1, 0.15) is 31.7 Å². The van der Waals surface area contributed by atoms with Crippen molar-refractivity contribution in [3.63, 3.8) is 0 Å². The van der Waals surface area contributed by atoms with Crippen LogP contribution >= 0.6 is 23.1 Å². The number of amides is 1. The fraction of sp³-hybridized carbons (Fsp3) is 0.222. The third kappa shape index (κ3) is 5.06. The summed E-state index contributed by atoms with van der Waals surface area (Å²) < 4.78 is 6.98. The van der Waals surface area contributed by atoms with E-state index in [1.54, 1.807) is 10.9 Å². The molecule has 4 aromatic rings. The van der Waals surface area contributed by atoms with E-state index in [0.717, 1.165) is 16.3 Å². The summed E-state index contributed by atoms with van der Waals surface area (Å²) in [6, 6.07) is 11.7. The summed E-state index contributed by atoms with van der Waals surface area (Å²) in [5, 5.41) is 24.4. The van der Waals surface area contributed by atoms with Crippen molar-refractivity contribution in [2.75, 3.05) is 0 Å². The Labute approximate surface area is 174 Å². The number of hydrogen-bond acceptors (Lipinski definition) is 9. The van der Waals surface area contributed by atoms with E-state index in [-0.39, 0.29) is 5.91 Å². The SMILES string of the molecule is Cc1ccc(CNC(=O)c2nnc(CSc3nnnn3Cc3ccco3)s2)cc1. The van der Waals surface area contributed by atoms with Gasteiger partial charge in [-0.2, -0.15) is 0 Å². The van der Waals surface area contributed by atoms with Crippen LogP contribution in [0.25, 0.3) is 0 Å². The van der Waals surface area contributed by atoms with E-state index in [0.29, 0.717) is 29.0 Å². The molecule has 0 atom stereocenters. The Bertz CT molecular complexity index is 1070. The summed E-state index contributed by atoms with van der Waals surface area (Å²) in [4.78, 5) is 12.3. The lowest BCUT2D eigenvalue weighted by molar-refractivity contribution is 0.0950. The van der Waals surface area contributed by atoms with Gasteiger partial charge in [0.15, 0.2) is 0 Å². The van der Waals surface area contributed by atoms with Gasteiger partial charge in [0, 0.05) is 6.54 Å². The first-order chi connectivity index (χ1) is 14.2. The fourth-order valence-corrected chi connectivity index (χ4v) is 4.06. The zero-order valence-corrected chi connectivity index (χ0v) is 17.1. The van der Waals surface area contributed by atoms with Gasteiger partial charge < -0.3 is 9.73 Å². The molecular formula is C18H17N7O2S2. The Morgan fingerprint density at radius 1 is 1.21 bits per heavy atom. The molecule has 0 aliphatic heterocycles. The highest BCUT2D eigenvalue weighted by molar-refractivity contribution is 7.98. The lowest BCUT2D eigenvalue weighted by Gasteiger charge is -2.03. The number of nitrogens with zero attached hydrogens (tertiary/aromatic N) is 6. The molecule has 0 unspecified atom stereocenters. The van der Waals surface area contributed by atoms with E-state index in [9.17, 15) is 4.79 Å². The highest BCUT2D eigenvalue weighted by atomic mass is 32.2. The Hall–Kier alpha value is -3.05. The summed E-state index contributed by atoms with van der Waals surface area (Å²) in [6.07, 6.45) is 1.61. The van der Waals surface area contributed by atoms with Gasteiger partial charge in [0.25, 0.3) is 5.91 Å². The number of thioether (sulfide) groups is 1. The highest BCUT2D eigenvalue weighted by Gasteiger charge is 2.15. The van der Waals surface area contributed by atoms with Crippen molar-refractivity contribution in [2.45, 2.75) is 30.9 Å².